The van der Waals surface area contributed by atoms with E-state index in [0.717, 1.165) is 36.0 Å². The Morgan fingerprint density at radius 2 is 2.20 bits per heavy atom. The van der Waals surface area contributed by atoms with E-state index in [-0.39, 0.29) is 0 Å². The van der Waals surface area contributed by atoms with Gasteiger partial charge in [0.05, 0.1) is 16.9 Å². The molecule has 2 rings (SSSR count). The Morgan fingerprint density at radius 1 is 1.40 bits per heavy atom. The number of nitriles is 1. The summed E-state index contributed by atoms with van der Waals surface area (Å²) in [6, 6.07) is 9.79. The summed E-state index contributed by atoms with van der Waals surface area (Å²) in [7, 11) is 1.94. The van der Waals surface area contributed by atoms with Crippen molar-refractivity contribution in [2.75, 3.05) is 18.5 Å². The average Bonchev–Trinajstić information content (AvgIpc) is 2.95. The predicted molar refractivity (Wildman–Crippen MR) is 83.3 cm³/mol. The van der Waals surface area contributed by atoms with E-state index >= 15 is 0 Å². The lowest BCUT2D eigenvalue weighted by molar-refractivity contribution is 0.667. The van der Waals surface area contributed by atoms with Gasteiger partial charge in [0.1, 0.15) is 6.07 Å². The fourth-order valence-corrected chi connectivity index (χ4v) is 2.69. The highest BCUT2D eigenvalue weighted by Gasteiger charge is 2.12. The van der Waals surface area contributed by atoms with E-state index in [4.69, 9.17) is 5.26 Å². The van der Waals surface area contributed by atoms with Crippen LogP contribution in [-0.2, 0) is 6.54 Å². The minimum absolute atomic E-state index is 0.663. The van der Waals surface area contributed by atoms with Crippen molar-refractivity contribution in [2.24, 2.45) is 0 Å². The molecule has 0 amide bonds. The smallest absolute Gasteiger partial charge is 0.189 e. The second-order valence-electron chi connectivity index (χ2n) is 4.49. The summed E-state index contributed by atoms with van der Waals surface area (Å²) in [5.41, 5.74) is 2.59. The molecule has 0 saturated carbocycles. The summed E-state index contributed by atoms with van der Waals surface area (Å²) in [4.78, 5) is 6.57. The third-order valence-electron chi connectivity index (χ3n) is 2.95. The van der Waals surface area contributed by atoms with Crippen molar-refractivity contribution in [3.8, 4) is 6.07 Å². The monoisotopic (exact) mass is 286 g/mol. The summed E-state index contributed by atoms with van der Waals surface area (Å²) in [6.45, 7) is 3.93. The maximum Gasteiger partial charge on any atom is 0.189 e. The normalized spacial score (nSPS) is 10.2. The lowest BCUT2D eigenvalue weighted by Crippen LogP contribution is -2.15. The fourth-order valence-electron chi connectivity index (χ4n) is 1.89. The second-order valence-corrected chi connectivity index (χ2v) is 5.32. The van der Waals surface area contributed by atoms with Crippen LogP contribution in [0.4, 0.5) is 10.8 Å². The summed E-state index contributed by atoms with van der Waals surface area (Å²) < 4.78 is 0. The molecule has 1 aromatic heterocycles. The van der Waals surface area contributed by atoms with Crippen molar-refractivity contribution in [3.63, 3.8) is 0 Å². The van der Waals surface area contributed by atoms with Gasteiger partial charge in [-0.15, -0.1) is 11.3 Å². The van der Waals surface area contributed by atoms with E-state index in [1.807, 2.05) is 36.2 Å². The SMILES string of the molecule is CCCNCc1csc(N(C)c2ccccc2C#N)n1. The molecule has 1 N–H and O–H groups in total. The van der Waals surface area contributed by atoms with Crippen LogP contribution in [0.1, 0.15) is 24.6 Å². The summed E-state index contributed by atoms with van der Waals surface area (Å²) in [5.74, 6) is 0. The molecule has 0 fully saturated rings. The van der Waals surface area contributed by atoms with E-state index in [1.165, 1.54) is 0 Å². The number of benzene rings is 1. The van der Waals surface area contributed by atoms with E-state index in [1.54, 1.807) is 11.3 Å². The van der Waals surface area contributed by atoms with E-state index in [0.29, 0.717) is 5.56 Å². The molecule has 1 heterocycles. The van der Waals surface area contributed by atoms with Gasteiger partial charge in [-0.2, -0.15) is 5.26 Å². The number of thiazole rings is 1. The number of aromatic nitrogens is 1. The Bertz CT molecular complexity index is 600. The van der Waals surface area contributed by atoms with Crippen LogP contribution in [0, 0.1) is 11.3 Å². The van der Waals surface area contributed by atoms with Gasteiger partial charge in [0.25, 0.3) is 0 Å². The highest BCUT2D eigenvalue weighted by atomic mass is 32.1. The molecule has 0 spiro atoms. The minimum Gasteiger partial charge on any atom is -0.320 e. The van der Waals surface area contributed by atoms with Gasteiger partial charge in [-0.1, -0.05) is 19.1 Å². The molecule has 0 saturated heterocycles. The van der Waals surface area contributed by atoms with Crippen LogP contribution in [0.5, 0.6) is 0 Å². The molecule has 104 valence electrons. The Kier molecular flexibility index (Phi) is 5.10. The number of anilines is 2. The van der Waals surface area contributed by atoms with Crippen LogP contribution in [0.2, 0.25) is 0 Å². The first-order valence-electron chi connectivity index (χ1n) is 6.64. The van der Waals surface area contributed by atoms with Gasteiger partial charge in [0, 0.05) is 19.0 Å². The fraction of sp³-hybridized carbons (Fsp3) is 0.333. The highest BCUT2D eigenvalue weighted by molar-refractivity contribution is 7.13. The second kappa shape index (κ2) is 7.04. The zero-order valence-electron chi connectivity index (χ0n) is 11.8. The molecule has 0 aliphatic carbocycles. The molecule has 0 radical (unpaired) electrons. The maximum absolute atomic E-state index is 9.16. The maximum atomic E-state index is 9.16. The Balaban J connectivity index is 2.13. The molecule has 0 aliphatic heterocycles. The van der Waals surface area contributed by atoms with Crippen LogP contribution < -0.4 is 10.2 Å². The van der Waals surface area contributed by atoms with Gasteiger partial charge >= 0.3 is 0 Å². The van der Waals surface area contributed by atoms with Gasteiger partial charge in [-0.25, -0.2) is 4.98 Å². The first kappa shape index (κ1) is 14.5. The van der Waals surface area contributed by atoms with Crippen molar-refractivity contribution in [3.05, 3.63) is 40.9 Å². The van der Waals surface area contributed by atoms with Gasteiger partial charge in [-0.05, 0) is 25.1 Å². The van der Waals surface area contributed by atoms with Gasteiger partial charge < -0.3 is 10.2 Å². The molecule has 2 aromatic rings. The lowest BCUT2D eigenvalue weighted by Gasteiger charge is -2.16. The largest absolute Gasteiger partial charge is 0.320 e. The topological polar surface area (TPSA) is 52.0 Å². The van der Waals surface area contributed by atoms with Gasteiger partial charge in [0.2, 0.25) is 0 Å². The molecule has 20 heavy (non-hydrogen) atoms. The number of para-hydroxylation sites is 1. The first-order chi connectivity index (χ1) is 9.76. The Hall–Kier alpha value is -1.90. The van der Waals surface area contributed by atoms with Crippen LogP contribution in [0.3, 0.4) is 0 Å². The van der Waals surface area contributed by atoms with Crippen molar-refractivity contribution < 1.29 is 0 Å². The molecule has 4 nitrogen and oxygen atoms in total. The number of hydrogen-bond donors (Lipinski definition) is 1. The number of hydrogen-bond acceptors (Lipinski definition) is 5. The van der Waals surface area contributed by atoms with E-state index in [9.17, 15) is 0 Å². The van der Waals surface area contributed by atoms with Crippen molar-refractivity contribution >= 4 is 22.2 Å². The van der Waals surface area contributed by atoms with E-state index < -0.39 is 0 Å². The minimum atomic E-state index is 0.663. The molecule has 0 aliphatic rings. The van der Waals surface area contributed by atoms with Crippen molar-refractivity contribution in [2.45, 2.75) is 19.9 Å². The average molecular weight is 286 g/mol. The molecule has 0 atom stereocenters. The third-order valence-corrected chi connectivity index (χ3v) is 3.91. The number of rotatable bonds is 6. The van der Waals surface area contributed by atoms with Crippen LogP contribution in [0.25, 0.3) is 0 Å². The van der Waals surface area contributed by atoms with E-state index in [2.05, 4.69) is 28.7 Å². The zero-order valence-corrected chi connectivity index (χ0v) is 12.6. The van der Waals surface area contributed by atoms with Gasteiger partial charge in [-0.3, -0.25) is 0 Å². The highest BCUT2D eigenvalue weighted by Crippen LogP contribution is 2.29. The quantitative estimate of drug-likeness (QED) is 0.828. The number of nitrogens with zero attached hydrogens (tertiary/aromatic N) is 3. The molecular formula is C15H18N4S. The zero-order chi connectivity index (χ0) is 14.4. The summed E-state index contributed by atoms with van der Waals surface area (Å²) >= 11 is 1.60. The molecule has 5 heteroatoms. The Labute approximate surface area is 123 Å². The van der Waals surface area contributed by atoms with Crippen molar-refractivity contribution in [1.29, 1.82) is 5.26 Å². The predicted octanol–water partition coefficient (Wildman–Crippen LogP) is 3.28. The number of nitrogens with one attached hydrogen (secondary N) is 1. The summed E-state index contributed by atoms with van der Waals surface area (Å²) in [5, 5.41) is 15.5. The molecule has 1 aromatic carbocycles. The van der Waals surface area contributed by atoms with Crippen LogP contribution in [0.15, 0.2) is 29.6 Å². The third kappa shape index (κ3) is 3.35. The first-order valence-corrected chi connectivity index (χ1v) is 7.52. The van der Waals surface area contributed by atoms with Gasteiger partial charge in [0.15, 0.2) is 5.13 Å². The molecular weight excluding hydrogens is 268 g/mol. The van der Waals surface area contributed by atoms with Crippen molar-refractivity contribution in [1.82, 2.24) is 10.3 Å². The summed E-state index contributed by atoms with van der Waals surface area (Å²) in [6.07, 6.45) is 1.12. The van der Waals surface area contributed by atoms with Crippen LogP contribution in [-0.4, -0.2) is 18.6 Å². The molecule has 0 bridgehead atoms. The Morgan fingerprint density at radius 3 is 2.95 bits per heavy atom. The standard InChI is InChI=1S/C15H18N4S/c1-3-8-17-10-13-11-20-15(18-13)19(2)14-7-5-4-6-12(14)9-16/h4-7,11,17H,3,8,10H2,1-2H3. The molecule has 0 unspecified atom stereocenters. The van der Waals surface area contributed by atoms with Crippen LogP contribution >= 0.6 is 11.3 Å². The lowest BCUT2D eigenvalue weighted by atomic mass is 10.2.